The van der Waals surface area contributed by atoms with E-state index in [9.17, 15) is 24.3 Å². The smallest absolute Gasteiger partial charge is 0.326 e. The van der Waals surface area contributed by atoms with Gasteiger partial charge in [0, 0.05) is 36.5 Å². The Morgan fingerprint density at radius 3 is 2.20 bits per heavy atom. The second-order valence-electron chi connectivity index (χ2n) is 10.6. The van der Waals surface area contributed by atoms with Gasteiger partial charge in [0.2, 0.25) is 17.7 Å². The SMILES string of the molecule is CSCCC(N)C(=O)NC(Cc1c[nH]c2ccccc12)C(=O)NC(CCCN=C(N)N)C(=O)NC(Cc1ccccc1)C(=O)O. The van der Waals surface area contributed by atoms with Gasteiger partial charge in [-0.05, 0) is 48.5 Å². The topological polar surface area (TPSA) is 231 Å². The summed E-state index contributed by atoms with van der Waals surface area (Å²) in [7, 11) is 0. The number of carboxylic acid groups (broad SMARTS) is 1. The van der Waals surface area contributed by atoms with E-state index < -0.39 is 47.9 Å². The Labute approximate surface area is 266 Å². The Hall–Kier alpha value is -4.56. The lowest BCUT2D eigenvalue weighted by atomic mass is 10.0. The quantitative estimate of drug-likeness (QED) is 0.0554. The van der Waals surface area contributed by atoms with Crippen LogP contribution in [0, 0.1) is 0 Å². The van der Waals surface area contributed by atoms with Crippen LogP contribution in [0.3, 0.4) is 0 Å². The van der Waals surface area contributed by atoms with Crippen molar-refractivity contribution in [3.63, 3.8) is 0 Å². The van der Waals surface area contributed by atoms with Crippen molar-refractivity contribution in [2.75, 3.05) is 18.6 Å². The van der Waals surface area contributed by atoms with E-state index in [1.54, 1.807) is 48.3 Å². The standard InChI is InChI=1S/C31H42N8O5S/c1-45-15-13-22(32)27(40)38-25(17-20-18-36-23-11-6-5-10-21(20)23)29(42)37-24(12-7-14-35-31(33)34)28(41)39-26(30(43)44)16-19-8-3-2-4-9-19/h2-6,8-11,18,22,24-26,36H,7,12-17,32H2,1H3,(H,37,42)(H,38,40)(H,39,41)(H,43,44)(H4,33,34,35). The van der Waals surface area contributed by atoms with Gasteiger partial charge in [0.05, 0.1) is 6.04 Å². The maximum atomic E-state index is 13.8. The number of carbonyl (C=O) groups excluding carboxylic acids is 3. The number of nitrogens with two attached hydrogens (primary N) is 3. The summed E-state index contributed by atoms with van der Waals surface area (Å²) in [4.78, 5) is 59.5. The molecule has 1 heterocycles. The molecule has 0 saturated heterocycles. The number of aliphatic carboxylic acids is 1. The van der Waals surface area contributed by atoms with Crippen LogP contribution in [0.25, 0.3) is 10.9 Å². The summed E-state index contributed by atoms with van der Waals surface area (Å²) in [6.45, 7) is 0.189. The average Bonchev–Trinajstić information content (AvgIpc) is 3.43. The first-order chi connectivity index (χ1) is 21.6. The maximum absolute atomic E-state index is 13.8. The highest BCUT2D eigenvalue weighted by Gasteiger charge is 2.31. The average molecular weight is 639 g/mol. The normalized spacial score (nSPS) is 13.6. The van der Waals surface area contributed by atoms with E-state index in [4.69, 9.17) is 17.2 Å². The molecule has 0 aliphatic heterocycles. The zero-order valence-corrected chi connectivity index (χ0v) is 26.0. The molecule has 1 aromatic heterocycles. The second-order valence-corrected chi connectivity index (χ2v) is 11.6. The monoisotopic (exact) mass is 638 g/mol. The van der Waals surface area contributed by atoms with Crippen molar-refractivity contribution >= 4 is 52.3 Å². The van der Waals surface area contributed by atoms with Crippen LogP contribution in [0.1, 0.15) is 30.4 Å². The summed E-state index contributed by atoms with van der Waals surface area (Å²) in [6.07, 6.45) is 4.67. The van der Waals surface area contributed by atoms with Crippen LogP contribution in [-0.2, 0) is 32.0 Å². The van der Waals surface area contributed by atoms with Crippen LogP contribution in [-0.4, -0.2) is 82.5 Å². The van der Waals surface area contributed by atoms with Gasteiger partial charge < -0.3 is 43.2 Å². The lowest BCUT2D eigenvalue weighted by molar-refractivity contribution is -0.142. The molecule has 3 amide bonds. The highest BCUT2D eigenvalue weighted by molar-refractivity contribution is 7.98. The Balaban J connectivity index is 1.84. The van der Waals surface area contributed by atoms with Gasteiger partial charge in [0.1, 0.15) is 18.1 Å². The van der Waals surface area contributed by atoms with E-state index in [-0.39, 0.29) is 31.8 Å². The van der Waals surface area contributed by atoms with Crippen LogP contribution < -0.4 is 33.2 Å². The molecular formula is C31H42N8O5S. The molecule has 4 unspecified atom stereocenters. The molecule has 242 valence electrons. The van der Waals surface area contributed by atoms with Gasteiger partial charge in [-0.2, -0.15) is 11.8 Å². The fourth-order valence-electron chi connectivity index (χ4n) is 4.75. The summed E-state index contributed by atoms with van der Waals surface area (Å²) in [5.41, 5.74) is 19.3. The first-order valence-electron chi connectivity index (χ1n) is 14.6. The zero-order valence-electron chi connectivity index (χ0n) is 25.2. The lowest BCUT2D eigenvalue weighted by Crippen LogP contribution is -2.57. The van der Waals surface area contributed by atoms with Crippen LogP contribution in [0.15, 0.2) is 65.8 Å². The van der Waals surface area contributed by atoms with E-state index in [2.05, 4.69) is 25.9 Å². The number of nitrogens with one attached hydrogen (secondary N) is 4. The zero-order chi connectivity index (χ0) is 32.8. The van der Waals surface area contributed by atoms with Gasteiger partial charge in [-0.3, -0.25) is 19.4 Å². The van der Waals surface area contributed by atoms with Crippen molar-refractivity contribution in [1.29, 1.82) is 0 Å². The van der Waals surface area contributed by atoms with Crippen LogP contribution in [0.2, 0.25) is 0 Å². The van der Waals surface area contributed by atoms with Crippen LogP contribution in [0.5, 0.6) is 0 Å². The van der Waals surface area contributed by atoms with E-state index in [0.29, 0.717) is 18.6 Å². The Morgan fingerprint density at radius 2 is 1.51 bits per heavy atom. The molecule has 0 spiro atoms. The highest BCUT2D eigenvalue weighted by atomic mass is 32.2. The van der Waals surface area contributed by atoms with Crippen molar-refractivity contribution in [1.82, 2.24) is 20.9 Å². The first-order valence-corrected chi connectivity index (χ1v) is 16.0. The Bertz CT molecular complexity index is 1460. The van der Waals surface area contributed by atoms with Crippen molar-refractivity contribution in [2.45, 2.75) is 56.3 Å². The van der Waals surface area contributed by atoms with Gasteiger partial charge >= 0.3 is 5.97 Å². The van der Waals surface area contributed by atoms with E-state index in [1.807, 2.05) is 30.5 Å². The number of nitrogens with zero attached hydrogens (tertiary/aromatic N) is 1. The number of aromatic amines is 1. The largest absolute Gasteiger partial charge is 0.480 e. The number of para-hydroxylation sites is 1. The molecule has 2 aromatic carbocycles. The van der Waals surface area contributed by atoms with Crippen molar-refractivity contribution in [3.8, 4) is 0 Å². The number of aliphatic imine (C=N–C) groups is 1. The molecule has 3 aromatic rings. The van der Waals surface area contributed by atoms with Crippen LogP contribution in [0.4, 0.5) is 0 Å². The fourth-order valence-corrected chi connectivity index (χ4v) is 5.24. The third kappa shape index (κ3) is 11.1. The van der Waals surface area contributed by atoms with Crippen LogP contribution >= 0.6 is 11.8 Å². The molecule has 45 heavy (non-hydrogen) atoms. The predicted octanol–water partition coefficient (Wildman–Crippen LogP) is 0.626. The molecule has 14 heteroatoms. The number of rotatable bonds is 18. The third-order valence-electron chi connectivity index (χ3n) is 7.18. The number of amides is 3. The molecule has 0 saturated carbocycles. The molecule has 0 aliphatic carbocycles. The number of hydrogen-bond acceptors (Lipinski definition) is 7. The fraction of sp³-hybridized carbons (Fsp3) is 0.387. The molecule has 11 N–H and O–H groups in total. The van der Waals surface area contributed by atoms with Crippen molar-refractivity contribution < 1.29 is 24.3 Å². The number of fused-ring (bicyclic) bond motifs is 1. The minimum Gasteiger partial charge on any atom is -0.480 e. The first kappa shape index (κ1) is 34.9. The van der Waals surface area contributed by atoms with Gasteiger partial charge in [0.15, 0.2) is 5.96 Å². The van der Waals surface area contributed by atoms with E-state index >= 15 is 0 Å². The number of H-pyrrole nitrogens is 1. The maximum Gasteiger partial charge on any atom is 0.326 e. The molecule has 0 bridgehead atoms. The summed E-state index contributed by atoms with van der Waals surface area (Å²) < 4.78 is 0. The summed E-state index contributed by atoms with van der Waals surface area (Å²) >= 11 is 1.55. The Kier molecular flexibility index (Phi) is 13.7. The molecular weight excluding hydrogens is 596 g/mol. The molecule has 4 atom stereocenters. The second kappa shape index (κ2) is 17.7. The van der Waals surface area contributed by atoms with Gasteiger partial charge in [-0.25, -0.2) is 4.79 Å². The molecule has 13 nitrogen and oxygen atoms in total. The number of aromatic nitrogens is 1. The summed E-state index contributed by atoms with van der Waals surface area (Å²) in [5, 5.41) is 18.8. The number of benzene rings is 2. The predicted molar refractivity (Wildman–Crippen MR) is 176 cm³/mol. The van der Waals surface area contributed by atoms with E-state index in [1.165, 1.54) is 0 Å². The van der Waals surface area contributed by atoms with Crippen molar-refractivity contribution in [3.05, 3.63) is 71.9 Å². The van der Waals surface area contributed by atoms with E-state index in [0.717, 1.165) is 22.0 Å². The Morgan fingerprint density at radius 1 is 0.867 bits per heavy atom. The molecule has 0 aliphatic rings. The minimum absolute atomic E-state index is 0.0454. The minimum atomic E-state index is -1.24. The highest BCUT2D eigenvalue weighted by Crippen LogP contribution is 2.19. The summed E-state index contributed by atoms with van der Waals surface area (Å²) in [5.74, 6) is -2.48. The molecule has 0 fully saturated rings. The van der Waals surface area contributed by atoms with Gasteiger partial charge in [-0.15, -0.1) is 0 Å². The number of carbonyl (C=O) groups is 4. The van der Waals surface area contributed by atoms with Gasteiger partial charge in [0.25, 0.3) is 0 Å². The number of carboxylic acids is 1. The number of thioether (sulfide) groups is 1. The number of hydrogen-bond donors (Lipinski definition) is 8. The molecule has 3 rings (SSSR count). The molecule has 0 radical (unpaired) electrons. The third-order valence-corrected chi connectivity index (χ3v) is 7.82. The van der Waals surface area contributed by atoms with Crippen molar-refractivity contribution in [2.24, 2.45) is 22.2 Å². The number of guanidine groups is 1. The van der Waals surface area contributed by atoms with Gasteiger partial charge in [-0.1, -0.05) is 48.5 Å². The summed E-state index contributed by atoms with van der Waals surface area (Å²) in [6, 6.07) is 12.1. The lowest BCUT2D eigenvalue weighted by Gasteiger charge is -2.25.